The van der Waals surface area contributed by atoms with Crippen LogP contribution in [-0.2, 0) is 5.33 Å². The molecule has 84 valence electrons. The molecule has 0 aliphatic heterocycles. The molecular formula is C9H6BrF2N3O. The van der Waals surface area contributed by atoms with E-state index in [2.05, 4.69) is 31.1 Å². The molecule has 4 nitrogen and oxygen atoms in total. The number of pyridine rings is 1. The monoisotopic (exact) mass is 289 g/mol. The van der Waals surface area contributed by atoms with Crippen molar-refractivity contribution in [1.82, 2.24) is 15.2 Å². The fourth-order valence-electron chi connectivity index (χ4n) is 1.07. The molecule has 2 aromatic rings. The third-order valence-electron chi connectivity index (χ3n) is 1.84. The second-order valence-corrected chi connectivity index (χ2v) is 3.48. The van der Waals surface area contributed by atoms with Crippen molar-refractivity contribution in [1.29, 1.82) is 0 Å². The zero-order valence-corrected chi connectivity index (χ0v) is 9.49. The maximum absolute atomic E-state index is 12.2. The Bertz CT molecular complexity index is 472. The van der Waals surface area contributed by atoms with Crippen molar-refractivity contribution in [2.45, 2.75) is 11.8 Å². The van der Waals surface area contributed by atoms with E-state index >= 15 is 0 Å². The van der Waals surface area contributed by atoms with E-state index in [-0.39, 0.29) is 5.89 Å². The van der Waals surface area contributed by atoms with E-state index in [9.17, 15) is 8.78 Å². The van der Waals surface area contributed by atoms with Crippen molar-refractivity contribution in [2.24, 2.45) is 0 Å². The van der Waals surface area contributed by atoms with Gasteiger partial charge in [-0.1, -0.05) is 15.9 Å². The second-order valence-electron chi connectivity index (χ2n) is 2.92. The van der Waals surface area contributed by atoms with Crippen LogP contribution in [0.1, 0.15) is 18.0 Å². The van der Waals surface area contributed by atoms with Gasteiger partial charge in [-0.05, 0) is 12.1 Å². The van der Waals surface area contributed by atoms with Gasteiger partial charge in [0.2, 0.25) is 5.89 Å². The Morgan fingerprint density at radius 3 is 2.62 bits per heavy atom. The van der Waals surface area contributed by atoms with Crippen molar-refractivity contribution in [3.8, 4) is 11.5 Å². The fourth-order valence-corrected chi connectivity index (χ4v) is 1.40. The lowest BCUT2D eigenvalue weighted by Gasteiger charge is -1.96. The Balaban J connectivity index is 2.28. The van der Waals surface area contributed by atoms with E-state index < -0.39 is 12.3 Å². The molecular weight excluding hydrogens is 284 g/mol. The van der Waals surface area contributed by atoms with Crippen LogP contribution in [0.15, 0.2) is 22.7 Å². The van der Waals surface area contributed by atoms with Gasteiger partial charge in [0.1, 0.15) is 0 Å². The normalized spacial score (nSPS) is 11.0. The topological polar surface area (TPSA) is 51.8 Å². The Hall–Kier alpha value is -1.37. The van der Waals surface area contributed by atoms with Gasteiger partial charge in [0.25, 0.3) is 5.89 Å². The van der Waals surface area contributed by atoms with Crippen LogP contribution in [0.4, 0.5) is 8.78 Å². The van der Waals surface area contributed by atoms with Crippen LogP contribution in [0.25, 0.3) is 11.5 Å². The van der Waals surface area contributed by atoms with E-state index in [4.69, 9.17) is 4.42 Å². The molecule has 0 saturated heterocycles. The summed E-state index contributed by atoms with van der Waals surface area (Å²) < 4.78 is 29.2. The van der Waals surface area contributed by atoms with Crippen molar-refractivity contribution in [3.63, 3.8) is 0 Å². The first-order valence-electron chi connectivity index (χ1n) is 4.33. The summed E-state index contributed by atoms with van der Waals surface area (Å²) in [5, 5.41) is 7.37. The third kappa shape index (κ3) is 2.24. The van der Waals surface area contributed by atoms with Crippen LogP contribution >= 0.6 is 15.9 Å². The minimum Gasteiger partial charge on any atom is -0.415 e. The molecule has 0 unspecified atom stereocenters. The van der Waals surface area contributed by atoms with Gasteiger partial charge in [0.05, 0.1) is 11.3 Å². The highest BCUT2D eigenvalue weighted by Gasteiger charge is 2.16. The minimum atomic E-state index is -2.75. The molecule has 2 rings (SSSR count). The first kappa shape index (κ1) is 11.1. The summed E-state index contributed by atoms with van der Waals surface area (Å²) >= 11 is 3.25. The van der Waals surface area contributed by atoms with E-state index in [1.807, 2.05) is 0 Å². The summed E-state index contributed by atoms with van der Waals surface area (Å²) in [6.45, 7) is 0. The number of aromatic nitrogens is 3. The van der Waals surface area contributed by atoms with Gasteiger partial charge in [-0.2, -0.15) is 8.78 Å². The maximum atomic E-state index is 12.2. The lowest BCUT2D eigenvalue weighted by molar-refractivity contribution is 0.116. The SMILES string of the molecule is FC(F)c1nnc(-c2ccc(CBr)nc2)o1. The lowest BCUT2D eigenvalue weighted by Crippen LogP contribution is -1.85. The predicted molar refractivity (Wildman–Crippen MR) is 55.1 cm³/mol. The molecule has 2 aromatic heterocycles. The molecule has 0 aliphatic carbocycles. The molecule has 0 N–H and O–H groups in total. The van der Waals surface area contributed by atoms with Crippen LogP contribution < -0.4 is 0 Å². The Kier molecular flexibility index (Phi) is 3.23. The number of hydrogen-bond donors (Lipinski definition) is 0. The first-order valence-corrected chi connectivity index (χ1v) is 5.45. The summed E-state index contributed by atoms with van der Waals surface area (Å²) in [4.78, 5) is 4.07. The van der Waals surface area contributed by atoms with E-state index in [1.54, 1.807) is 12.1 Å². The summed E-state index contributed by atoms with van der Waals surface area (Å²) in [6, 6.07) is 3.43. The molecule has 0 fully saturated rings. The molecule has 0 atom stereocenters. The zero-order valence-electron chi connectivity index (χ0n) is 7.90. The van der Waals surface area contributed by atoms with E-state index in [1.165, 1.54) is 6.20 Å². The van der Waals surface area contributed by atoms with Gasteiger partial charge >= 0.3 is 6.43 Å². The largest absolute Gasteiger partial charge is 0.415 e. The minimum absolute atomic E-state index is 0.0453. The smallest absolute Gasteiger partial charge is 0.314 e. The van der Waals surface area contributed by atoms with Crippen LogP contribution in [0.3, 0.4) is 0 Å². The number of halogens is 3. The second kappa shape index (κ2) is 4.65. The molecule has 0 saturated carbocycles. The first-order chi connectivity index (χ1) is 7.70. The average molecular weight is 290 g/mol. The number of rotatable bonds is 3. The van der Waals surface area contributed by atoms with E-state index in [0.717, 1.165) is 5.69 Å². The Labute approximate surface area is 97.8 Å². The van der Waals surface area contributed by atoms with Crippen LogP contribution in [0.5, 0.6) is 0 Å². The maximum Gasteiger partial charge on any atom is 0.314 e. The summed E-state index contributed by atoms with van der Waals surface area (Å²) in [6.07, 6.45) is -1.25. The highest BCUT2D eigenvalue weighted by Crippen LogP contribution is 2.22. The van der Waals surface area contributed by atoms with Gasteiger partial charge in [-0.15, -0.1) is 10.2 Å². The van der Waals surface area contributed by atoms with Gasteiger partial charge < -0.3 is 4.42 Å². The summed E-state index contributed by atoms with van der Waals surface area (Å²) in [5.41, 5.74) is 1.35. The number of nitrogens with zero attached hydrogens (tertiary/aromatic N) is 3. The van der Waals surface area contributed by atoms with Crippen LogP contribution in [0, 0.1) is 0 Å². The summed E-state index contributed by atoms with van der Waals surface area (Å²) in [5.74, 6) is -0.636. The fraction of sp³-hybridized carbons (Fsp3) is 0.222. The molecule has 0 radical (unpaired) electrons. The third-order valence-corrected chi connectivity index (χ3v) is 2.41. The Morgan fingerprint density at radius 2 is 2.12 bits per heavy atom. The molecule has 16 heavy (non-hydrogen) atoms. The average Bonchev–Trinajstić information content (AvgIpc) is 2.78. The molecule has 7 heteroatoms. The van der Waals surface area contributed by atoms with Crippen molar-refractivity contribution in [3.05, 3.63) is 29.9 Å². The van der Waals surface area contributed by atoms with Gasteiger partial charge in [-0.3, -0.25) is 4.98 Å². The highest BCUT2D eigenvalue weighted by atomic mass is 79.9. The molecule has 2 heterocycles. The number of hydrogen-bond acceptors (Lipinski definition) is 4. The summed E-state index contributed by atoms with van der Waals surface area (Å²) in [7, 11) is 0. The lowest BCUT2D eigenvalue weighted by atomic mass is 10.2. The molecule has 0 aliphatic rings. The van der Waals surface area contributed by atoms with Crippen molar-refractivity contribution >= 4 is 15.9 Å². The van der Waals surface area contributed by atoms with Gasteiger partial charge in [-0.25, -0.2) is 0 Å². The standard InChI is InChI=1S/C9H6BrF2N3O/c10-3-6-2-1-5(4-13-6)8-14-15-9(16-8)7(11)12/h1-2,4,7H,3H2. The highest BCUT2D eigenvalue weighted by molar-refractivity contribution is 9.08. The molecule has 0 amide bonds. The van der Waals surface area contributed by atoms with E-state index in [0.29, 0.717) is 10.9 Å². The zero-order chi connectivity index (χ0) is 11.5. The number of alkyl halides is 3. The van der Waals surface area contributed by atoms with Gasteiger partial charge in [0.15, 0.2) is 0 Å². The van der Waals surface area contributed by atoms with Crippen LogP contribution in [-0.4, -0.2) is 15.2 Å². The predicted octanol–water partition coefficient (Wildman–Crippen LogP) is 2.96. The Morgan fingerprint density at radius 1 is 1.31 bits per heavy atom. The van der Waals surface area contributed by atoms with Crippen LogP contribution in [0.2, 0.25) is 0 Å². The molecule has 0 aromatic carbocycles. The van der Waals surface area contributed by atoms with Crippen molar-refractivity contribution in [2.75, 3.05) is 0 Å². The van der Waals surface area contributed by atoms with Crippen molar-refractivity contribution < 1.29 is 13.2 Å². The quantitative estimate of drug-likeness (QED) is 0.815. The molecule has 0 bridgehead atoms. The van der Waals surface area contributed by atoms with Gasteiger partial charge in [0, 0.05) is 11.5 Å². The molecule has 0 spiro atoms.